The van der Waals surface area contributed by atoms with Gasteiger partial charge in [0.15, 0.2) is 11.5 Å². The number of ether oxygens (including phenoxy) is 2. The molecule has 1 aliphatic rings. The summed E-state index contributed by atoms with van der Waals surface area (Å²) < 4.78 is 10.5. The highest BCUT2D eigenvalue weighted by atomic mass is 35.5. The van der Waals surface area contributed by atoms with Crippen LogP contribution in [-0.4, -0.2) is 19.2 Å². The molecule has 0 fully saturated rings. The van der Waals surface area contributed by atoms with Crippen LogP contribution in [0.3, 0.4) is 0 Å². The summed E-state index contributed by atoms with van der Waals surface area (Å²) in [5.41, 5.74) is 0.835. The van der Waals surface area contributed by atoms with Crippen LogP contribution in [0.4, 0.5) is 0 Å². The van der Waals surface area contributed by atoms with Crippen molar-refractivity contribution in [3.05, 3.63) is 28.8 Å². The summed E-state index contributed by atoms with van der Waals surface area (Å²) >= 11 is 6.08. The fraction of sp³-hybridized carbons (Fsp3) is 0.250. The second-order valence-electron chi connectivity index (χ2n) is 3.57. The lowest BCUT2D eigenvalue weighted by molar-refractivity contribution is -0.118. The lowest BCUT2D eigenvalue weighted by atomic mass is 10.2. The van der Waals surface area contributed by atoms with Gasteiger partial charge in [0, 0.05) is 19.5 Å². The van der Waals surface area contributed by atoms with Gasteiger partial charge in [0.25, 0.3) is 0 Å². The Labute approximate surface area is 104 Å². The first-order chi connectivity index (χ1) is 8.16. The van der Waals surface area contributed by atoms with Crippen molar-refractivity contribution in [1.82, 2.24) is 5.32 Å². The van der Waals surface area contributed by atoms with Gasteiger partial charge in [-0.2, -0.15) is 0 Å². The number of amides is 1. The van der Waals surface area contributed by atoms with E-state index < -0.39 is 0 Å². The third-order valence-corrected chi connectivity index (χ3v) is 2.59. The van der Waals surface area contributed by atoms with Crippen molar-refractivity contribution in [3.63, 3.8) is 0 Å². The first-order valence-corrected chi connectivity index (χ1v) is 5.55. The molecule has 1 N–H and O–H groups in total. The summed E-state index contributed by atoms with van der Waals surface area (Å²) in [6.45, 7) is 2.17. The summed E-state index contributed by atoms with van der Waals surface area (Å²) in [5.74, 6) is 1.29. The molecule has 0 radical (unpaired) electrons. The fourth-order valence-electron chi connectivity index (χ4n) is 1.45. The van der Waals surface area contributed by atoms with Gasteiger partial charge in [-0.1, -0.05) is 23.8 Å². The monoisotopic (exact) mass is 253 g/mol. The molecule has 0 atom stereocenters. The van der Waals surface area contributed by atoms with Crippen molar-refractivity contribution in [2.45, 2.75) is 6.92 Å². The summed E-state index contributed by atoms with van der Waals surface area (Å²) in [7, 11) is 0. The quantitative estimate of drug-likeness (QED) is 0.899. The van der Waals surface area contributed by atoms with Crippen LogP contribution in [0.25, 0.3) is 6.08 Å². The van der Waals surface area contributed by atoms with Gasteiger partial charge >= 0.3 is 0 Å². The van der Waals surface area contributed by atoms with Crippen molar-refractivity contribution in [3.8, 4) is 11.5 Å². The zero-order valence-electron chi connectivity index (χ0n) is 9.33. The second-order valence-corrected chi connectivity index (χ2v) is 3.97. The molecule has 1 aromatic rings. The molecule has 90 valence electrons. The zero-order chi connectivity index (χ0) is 12.3. The number of hydrogen-bond donors (Lipinski definition) is 1. The van der Waals surface area contributed by atoms with Gasteiger partial charge in [-0.3, -0.25) is 4.79 Å². The maximum atomic E-state index is 10.7. The molecule has 5 heteroatoms. The number of benzene rings is 1. The largest absolute Gasteiger partial charge is 0.454 e. The number of rotatable bonds is 3. The number of nitrogens with one attached hydrogen (secondary N) is 1. The van der Waals surface area contributed by atoms with E-state index in [9.17, 15) is 4.79 Å². The van der Waals surface area contributed by atoms with Gasteiger partial charge in [-0.25, -0.2) is 0 Å². The molecule has 0 aromatic heterocycles. The Balaban J connectivity index is 2.08. The van der Waals surface area contributed by atoms with E-state index in [0.717, 1.165) is 5.56 Å². The molecule has 4 nitrogen and oxygen atoms in total. The standard InChI is InChI=1S/C12H12ClNO3/c1-8(15)14-4-2-3-9-5-11-12(6-10(9)13)17-7-16-11/h2-3,5-6H,4,7H2,1H3,(H,14,15). The van der Waals surface area contributed by atoms with Crippen LogP contribution in [0.5, 0.6) is 11.5 Å². The molecule has 0 saturated carbocycles. The van der Waals surface area contributed by atoms with Crippen LogP contribution >= 0.6 is 11.6 Å². The van der Waals surface area contributed by atoms with Gasteiger partial charge in [0.1, 0.15) is 0 Å². The molecule has 2 rings (SSSR count). The Morgan fingerprint density at radius 1 is 1.47 bits per heavy atom. The maximum Gasteiger partial charge on any atom is 0.231 e. The average Bonchev–Trinajstić information content (AvgIpc) is 2.71. The molecule has 0 spiro atoms. The third kappa shape index (κ3) is 2.91. The molecule has 1 heterocycles. The maximum absolute atomic E-state index is 10.7. The fourth-order valence-corrected chi connectivity index (χ4v) is 1.67. The van der Waals surface area contributed by atoms with Crippen molar-refractivity contribution >= 4 is 23.6 Å². The van der Waals surface area contributed by atoms with Crippen molar-refractivity contribution in [1.29, 1.82) is 0 Å². The summed E-state index contributed by atoms with van der Waals surface area (Å²) in [6, 6.07) is 3.54. The number of hydrogen-bond acceptors (Lipinski definition) is 3. The molecule has 1 aromatic carbocycles. The molecular weight excluding hydrogens is 242 g/mol. The predicted molar refractivity (Wildman–Crippen MR) is 65.3 cm³/mol. The SMILES string of the molecule is CC(=O)NCC=Cc1cc2c(cc1Cl)OCO2. The van der Waals surface area contributed by atoms with Gasteiger partial charge < -0.3 is 14.8 Å². The van der Waals surface area contributed by atoms with Crippen LogP contribution in [-0.2, 0) is 4.79 Å². The van der Waals surface area contributed by atoms with Crippen LogP contribution in [0.1, 0.15) is 12.5 Å². The Bertz CT molecular complexity index is 471. The van der Waals surface area contributed by atoms with Crippen molar-refractivity contribution in [2.75, 3.05) is 13.3 Å². The topological polar surface area (TPSA) is 47.6 Å². The van der Waals surface area contributed by atoms with Crippen LogP contribution in [0, 0.1) is 0 Å². The normalized spacial score (nSPS) is 13.1. The molecule has 17 heavy (non-hydrogen) atoms. The molecule has 0 bridgehead atoms. The number of halogens is 1. The minimum atomic E-state index is -0.0635. The number of carbonyl (C=O) groups is 1. The Hall–Kier alpha value is -1.68. The van der Waals surface area contributed by atoms with E-state index >= 15 is 0 Å². The molecular formula is C12H12ClNO3. The Kier molecular flexibility index (Phi) is 3.54. The van der Waals surface area contributed by atoms with Gasteiger partial charge in [-0.15, -0.1) is 0 Å². The molecule has 1 aliphatic heterocycles. The average molecular weight is 254 g/mol. The molecule has 0 aliphatic carbocycles. The third-order valence-electron chi connectivity index (χ3n) is 2.26. The summed E-state index contributed by atoms with van der Waals surface area (Å²) in [6.07, 6.45) is 3.66. The molecule has 1 amide bonds. The highest BCUT2D eigenvalue weighted by molar-refractivity contribution is 6.32. The van der Waals surface area contributed by atoms with Crippen molar-refractivity contribution < 1.29 is 14.3 Å². The lowest BCUT2D eigenvalue weighted by Gasteiger charge is -2.01. The highest BCUT2D eigenvalue weighted by Gasteiger charge is 2.15. The predicted octanol–water partition coefficient (Wildman–Crippen LogP) is 2.22. The lowest BCUT2D eigenvalue weighted by Crippen LogP contribution is -2.19. The highest BCUT2D eigenvalue weighted by Crippen LogP contribution is 2.37. The van der Waals surface area contributed by atoms with E-state index in [0.29, 0.717) is 23.1 Å². The Morgan fingerprint density at radius 2 is 2.18 bits per heavy atom. The van der Waals surface area contributed by atoms with E-state index in [1.54, 1.807) is 6.07 Å². The van der Waals surface area contributed by atoms with Crippen LogP contribution in [0.2, 0.25) is 5.02 Å². The van der Waals surface area contributed by atoms with Gasteiger partial charge in [-0.05, 0) is 11.6 Å². The zero-order valence-corrected chi connectivity index (χ0v) is 10.1. The van der Waals surface area contributed by atoms with Crippen LogP contribution < -0.4 is 14.8 Å². The number of carbonyl (C=O) groups excluding carboxylic acids is 1. The van der Waals surface area contributed by atoms with Crippen LogP contribution in [0.15, 0.2) is 18.2 Å². The minimum absolute atomic E-state index is 0.0635. The minimum Gasteiger partial charge on any atom is -0.454 e. The van der Waals surface area contributed by atoms with Gasteiger partial charge in [0.05, 0.1) is 5.02 Å². The smallest absolute Gasteiger partial charge is 0.231 e. The first-order valence-electron chi connectivity index (χ1n) is 5.17. The van der Waals surface area contributed by atoms with E-state index in [4.69, 9.17) is 21.1 Å². The summed E-state index contributed by atoms with van der Waals surface area (Å²) in [4.78, 5) is 10.7. The Morgan fingerprint density at radius 3 is 2.88 bits per heavy atom. The first kappa shape index (κ1) is 11.8. The second kappa shape index (κ2) is 5.10. The van der Waals surface area contributed by atoms with Crippen molar-refractivity contribution in [2.24, 2.45) is 0 Å². The van der Waals surface area contributed by atoms with E-state index in [-0.39, 0.29) is 12.7 Å². The van der Waals surface area contributed by atoms with Gasteiger partial charge in [0.2, 0.25) is 12.7 Å². The summed E-state index contributed by atoms with van der Waals surface area (Å²) in [5, 5.41) is 3.25. The van der Waals surface area contributed by atoms with E-state index in [1.165, 1.54) is 6.92 Å². The number of fused-ring (bicyclic) bond motifs is 1. The molecule has 0 saturated heterocycles. The molecule has 0 unspecified atom stereocenters. The van der Waals surface area contributed by atoms with E-state index in [1.807, 2.05) is 18.2 Å². The van der Waals surface area contributed by atoms with E-state index in [2.05, 4.69) is 5.32 Å².